The van der Waals surface area contributed by atoms with E-state index in [-0.39, 0.29) is 6.04 Å². The SMILES string of the molecule is CC#CCC(N)CCOc1ccccc1. The summed E-state index contributed by atoms with van der Waals surface area (Å²) in [5.74, 6) is 6.70. The fourth-order valence-corrected chi connectivity index (χ4v) is 1.18. The van der Waals surface area contributed by atoms with Crippen molar-refractivity contribution < 1.29 is 4.74 Å². The van der Waals surface area contributed by atoms with Crippen LogP contribution in [0.2, 0.25) is 0 Å². The third-order valence-corrected chi connectivity index (χ3v) is 2.04. The highest BCUT2D eigenvalue weighted by molar-refractivity contribution is 5.20. The fourth-order valence-electron chi connectivity index (χ4n) is 1.18. The third kappa shape index (κ3) is 5.09. The molecule has 0 bridgehead atoms. The van der Waals surface area contributed by atoms with Crippen molar-refractivity contribution in [1.82, 2.24) is 0 Å². The van der Waals surface area contributed by atoms with Gasteiger partial charge in [-0.05, 0) is 25.5 Å². The Morgan fingerprint density at radius 3 is 2.73 bits per heavy atom. The second kappa shape index (κ2) is 6.92. The molecule has 0 heterocycles. The quantitative estimate of drug-likeness (QED) is 0.744. The van der Waals surface area contributed by atoms with Crippen LogP contribution in [0.4, 0.5) is 0 Å². The monoisotopic (exact) mass is 203 g/mol. The molecule has 2 N–H and O–H groups in total. The smallest absolute Gasteiger partial charge is 0.119 e. The van der Waals surface area contributed by atoms with Gasteiger partial charge in [0.1, 0.15) is 5.75 Å². The number of hydrogen-bond donors (Lipinski definition) is 1. The molecule has 1 unspecified atom stereocenters. The normalized spacial score (nSPS) is 11.3. The first-order chi connectivity index (χ1) is 7.33. The molecule has 0 saturated heterocycles. The van der Waals surface area contributed by atoms with Gasteiger partial charge in [-0.1, -0.05) is 18.2 Å². The van der Waals surface area contributed by atoms with Crippen molar-refractivity contribution in [3.05, 3.63) is 30.3 Å². The van der Waals surface area contributed by atoms with E-state index in [0.29, 0.717) is 6.61 Å². The molecular weight excluding hydrogens is 186 g/mol. The summed E-state index contributed by atoms with van der Waals surface area (Å²) in [6, 6.07) is 9.88. The van der Waals surface area contributed by atoms with E-state index in [1.54, 1.807) is 0 Å². The van der Waals surface area contributed by atoms with Gasteiger partial charge < -0.3 is 10.5 Å². The van der Waals surface area contributed by atoms with Crippen LogP contribution in [0.25, 0.3) is 0 Å². The fraction of sp³-hybridized carbons (Fsp3) is 0.385. The van der Waals surface area contributed by atoms with E-state index in [9.17, 15) is 0 Å². The van der Waals surface area contributed by atoms with Crippen LogP contribution >= 0.6 is 0 Å². The molecule has 1 aromatic rings. The zero-order valence-corrected chi connectivity index (χ0v) is 9.07. The van der Waals surface area contributed by atoms with Crippen molar-refractivity contribution >= 4 is 0 Å². The van der Waals surface area contributed by atoms with Gasteiger partial charge in [0, 0.05) is 12.5 Å². The summed E-state index contributed by atoms with van der Waals surface area (Å²) in [5, 5.41) is 0. The van der Waals surface area contributed by atoms with Crippen molar-refractivity contribution in [3.8, 4) is 17.6 Å². The van der Waals surface area contributed by atoms with E-state index in [1.165, 1.54) is 0 Å². The minimum atomic E-state index is 0.112. The molecule has 1 rings (SSSR count). The molecule has 0 spiro atoms. The molecule has 1 atom stereocenters. The predicted octanol–water partition coefficient (Wildman–Crippen LogP) is 2.20. The molecule has 0 radical (unpaired) electrons. The molecule has 0 aromatic heterocycles. The van der Waals surface area contributed by atoms with Crippen LogP contribution in [0.5, 0.6) is 5.75 Å². The summed E-state index contributed by atoms with van der Waals surface area (Å²) in [6.07, 6.45) is 1.58. The highest BCUT2D eigenvalue weighted by Crippen LogP contribution is 2.08. The molecule has 80 valence electrons. The lowest BCUT2D eigenvalue weighted by Crippen LogP contribution is -2.21. The number of ether oxygens (including phenoxy) is 1. The lowest BCUT2D eigenvalue weighted by atomic mass is 10.1. The molecule has 2 heteroatoms. The van der Waals surface area contributed by atoms with Crippen LogP contribution in [-0.4, -0.2) is 12.6 Å². The Bertz CT molecular complexity index is 323. The summed E-state index contributed by atoms with van der Waals surface area (Å²) < 4.78 is 5.53. The number of nitrogens with two attached hydrogens (primary N) is 1. The van der Waals surface area contributed by atoms with E-state index < -0.39 is 0 Å². The zero-order valence-electron chi connectivity index (χ0n) is 9.07. The van der Waals surface area contributed by atoms with E-state index in [2.05, 4.69) is 11.8 Å². The van der Waals surface area contributed by atoms with Gasteiger partial charge in [0.2, 0.25) is 0 Å². The number of hydrogen-bond acceptors (Lipinski definition) is 2. The first-order valence-electron chi connectivity index (χ1n) is 5.16. The van der Waals surface area contributed by atoms with Crippen molar-refractivity contribution in [2.24, 2.45) is 5.73 Å². The Morgan fingerprint density at radius 1 is 1.33 bits per heavy atom. The first-order valence-corrected chi connectivity index (χ1v) is 5.16. The topological polar surface area (TPSA) is 35.2 Å². The average Bonchev–Trinajstić information content (AvgIpc) is 2.28. The predicted molar refractivity (Wildman–Crippen MR) is 62.6 cm³/mol. The van der Waals surface area contributed by atoms with Crippen molar-refractivity contribution in [2.45, 2.75) is 25.8 Å². The van der Waals surface area contributed by atoms with Crippen LogP contribution in [0.3, 0.4) is 0 Å². The molecule has 0 aliphatic rings. The van der Waals surface area contributed by atoms with Gasteiger partial charge in [0.05, 0.1) is 6.61 Å². The summed E-state index contributed by atoms with van der Waals surface area (Å²) in [6.45, 7) is 2.48. The van der Waals surface area contributed by atoms with E-state index in [0.717, 1.165) is 18.6 Å². The van der Waals surface area contributed by atoms with Gasteiger partial charge in [-0.3, -0.25) is 0 Å². The lowest BCUT2D eigenvalue weighted by molar-refractivity contribution is 0.298. The Morgan fingerprint density at radius 2 is 2.07 bits per heavy atom. The Labute approximate surface area is 91.4 Å². The summed E-state index contributed by atoms with van der Waals surface area (Å²) in [7, 11) is 0. The molecule has 15 heavy (non-hydrogen) atoms. The number of benzene rings is 1. The van der Waals surface area contributed by atoms with Crippen LogP contribution in [-0.2, 0) is 0 Å². The minimum absolute atomic E-state index is 0.112. The summed E-state index contributed by atoms with van der Waals surface area (Å²) in [5.41, 5.74) is 5.84. The summed E-state index contributed by atoms with van der Waals surface area (Å²) >= 11 is 0. The number of rotatable bonds is 5. The molecule has 0 saturated carbocycles. The number of para-hydroxylation sites is 1. The second-order valence-corrected chi connectivity index (χ2v) is 3.34. The molecule has 0 fully saturated rings. The summed E-state index contributed by atoms with van der Waals surface area (Å²) in [4.78, 5) is 0. The molecule has 0 amide bonds. The second-order valence-electron chi connectivity index (χ2n) is 3.34. The van der Waals surface area contributed by atoms with Crippen molar-refractivity contribution in [2.75, 3.05) is 6.61 Å². The maximum absolute atomic E-state index is 5.84. The van der Waals surface area contributed by atoms with E-state index in [4.69, 9.17) is 10.5 Å². The Hall–Kier alpha value is -1.46. The molecule has 1 aromatic carbocycles. The maximum atomic E-state index is 5.84. The van der Waals surface area contributed by atoms with E-state index in [1.807, 2.05) is 37.3 Å². The van der Waals surface area contributed by atoms with Gasteiger partial charge in [0.15, 0.2) is 0 Å². The largest absolute Gasteiger partial charge is 0.494 e. The van der Waals surface area contributed by atoms with Crippen LogP contribution in [0.1, 0.15) is 19.8 Å². The lowest BCUT2D eigenvalue weighted by Gasteiger charge is -2.09. The van der Waals surface area contributed by atoms with Crippen molar-refractivity contribution in [1.29, 1.82) is 0 Å². The molecule has 2 nitrogen and oxygen atoms in total. The third-order valence-electron chi connectivity index (χ3n) is 2.04. The van der Waals surface area contributed by atoms with E-state index >= 15 is 0 Å². The van der Waals surface area contributed by atoms with Crippen molar-refractivity contribution in [3.63, 3.8) is 0 Å². The van der Waals surface area contributed by atoms with Crippen LogP contribution in [0, 0.1) is 11.8 Å². The van der Waals surface area contributed by atoms with Gasteiger partial charge in [0.25, 0.3) is 0 Å². The zero-order chi connectivity index (χ0) is 10.9. The minimum Gasteiger partial charge on any atom is -0.494 e. The standard InChI is InChI=1S/C13H17NO/c1-2-3-7-12(14)10-11-15-13-8-5-4-6-9-13/h4-6,8-9,12H,7,10-11,14H2,1H3. The van der Waals surface area contributed by atoms with Gasteiger partial charge >= 0.3 is 0 Å². The Balaban J connectivity index is 2.18. The highest BCUT2D eigenvalue weighted by Gasteiger charge is 2.00. The Kier molecular flexibility index (Phi) is 5.35. The highest BCUT2D eigenvalue weighted by atomic mass is 16.5. The van der Waals surface area contributed by atoms with Gasteiger partial charge in [-0.25, -0.2) is 0 Å². The van der Waals surface area contributed by atoms with Crippen LogP contribution in [0.15, 0.2) is 30.3 Å². The van der Waals surface area contributed by atoms with Gasteiger partial charge in [-0.15, -0.1) is 11.8 Å². The maximum Gasteiger partial charge on any atom is 0.119 e. The molecule has 0 aliphatic carbocycles. The van der Waals surface area contributed by atoms with Crippen LogP contribution < -0.4 is 10.5 Å². The van der Waals surface area contributed by atoms with Gasteiger partial charge in [-0.2, -0.15) is 0 Å². The first kappa shape index (κ1) is 11.6. The molecular formula is C13H17NO. The average molecular weight is 203 g/mol. The molecule has 0 aliphatic heterocycles.